The van der Waals surface area contributed by atoms with Gasteiger partial charge in [0.15, 0.2) is 0 Å². The third-order valence-corrected chi connectivity index (χ3v) is 7.44. The van der Waals surface area contributed by atoms with Gasteiger partial charge in [0.05, 0.1) is 22.2 Å². The maximum atomic E-state index is 13.3. The molecule has 1 aliphatic heterocycles. The van der Waals surface area contributed by atoms with Crippen molar-refractivity contribution in [1.29, 1.82) is 5.26 Å². The van der Waals surface area contributed by atoms with Crippen molar-refractivity contribution in [2.24, 2.45) is 12.5 Å². The van der Waals surface area contributed by atoms with Crippen LogP contribution in [0.5, 0.6) is 0 Å². The molecule has 3 rings (SSSR count). The molecule has 33 heavy (non-hydrogen) atoms. The Morgan fingerprint density at radius 3 is 2.39 bits per heavy atom. The van der Waals surface area contributed by atoms with E-state index in [2.05, 4.69) is 15.1 Å². The molecule has 9 nitrogen and oxygen atoms in total. The van der Waals surface area contributed by atoms with Crippen molar-refractivity contribution in [2.75, 3.05) is 17.9 Å². The van der Waals surface area contributed by atoms with Crippen molar-refractivity contribution in [3.63, 3.8) is 0 Å². The van der Waals surface area contributed by atoms with Gasteiger partial charge >= 0.3 is 0 Å². The zero-order valence-electron chi connectivity index (χ0n) is 19.7. The standard InChI is InChI=1S/C23H31N5O4S/c1-15(23(2,3)4)25-22(29)21-20(19(26-28(21)5)17-10-12-32-13-11-17)27-33(30,31)18-8-6-16(14-24)7-9-18/h6-9,15,17,27H,10-13H2,1-5H3,(H,25,29). The molecule has 2 aromatic rings. The topological polar surface area (TPSA) is 126 Å². The number of nitriles is 1. The number of nitrogens with zero attached hydrogens (tertiary/aromatic N) is 3. The van der Waals surface area contributed by atoms with Crippen LogP contribution in [0.15, 0.2) is 29.2 Å². The summed E-state index contributed by atoms with van der Waals surface area (Å²) in [6, 6.07) is 7.43. The summed E-state index contributed by atoms with van der Waals surface area (Å²) in [5, 5.41) is 16.5. The number of ether oxygens (including phenoxy) is 1. The highest BCUT2D eigenvalue weighted by Crippen LogP contribution is 2.35. The third-order valence-electron chi connectivity index (χ3n) is 6.07. The summed E-state index contributed by atoms with van der Waals surface area (Å²) in [4.78, 5) is 13.3. The molecule has 1 aromatic heterocycles. The highest BCUT2D eigenvalue weighted by Gasteiger charge is 2.32. The van der Waals surface area contributed by atoms with Crippen LogP contribution in [-0.2, 0) is 21.8 Å². The lowest BCUT2D eigenvalue weighted by Crippen LogP contribution is -2.42. The zero-order chi connectivity index (χ0) is 24.4. The number of aryl methyl sites for hydroxylation is 1. The van der Waals surface area contributed by atoms with Crippen LogP contribution in [0.2, 0.25) is 0 Å². The Hall–Kier alpha value is -2.90. The van der Waals surface area contributed by atoms with E-state index >= 15 is 0 Å². The van der Waals surface area contributed by atoms with Gasteiger partial charge in [-0.15, -0.1) is 0 Å². The predicted octanol–water partition coefficient (Wildman–Crippen LogP) is 3.15. The van der Waals surface area contributed by atoms with Gasteiger partial charge in [-0.2, -0.15) is 10.4 Å². The second-order valence-electron chi connectivity index (χ2n) is 9.42. The minimum absolute atomic E-state index is 0.00213. The zero-order valence-corrected chi connectivity index (χ0v) is 20.5. The summed E-state index contributed by atoms with van der Waals surface area (Å²) in [6.45, 7) is 9.06. The van der Waals surface area contributed by atoms with Crippen LogP contribution in [0, 0.1) is 16.7 Å². The van der Waals surface area contributed by atoms with E-state index in [1.165, 1.54) is 28.9 Å². The van der Waals surface area contributed by atoms with Crippen LogP contribution >= 0.6 is 0 Å². The van der Waals surface area contributed by atoms with Gasteiger partial charge in [0.25, 0.3) is 15.9 Å². The minimum Gasteiger partial charge on any atom is -0.381 e. The lowest BCUT2D eigenvalue weighted by molar-refractivity contribution is 0.0845. The van der Waals surface area contributed by atoms with E-state index in [4.69, 9.17) is 10.00 Å². The molecule has 0 radical (unpaired) electrons. The van der Waals surface area contributed by atoms with E-state index < -0.39 is 15.9 Å². The first-order chi connectivity index (χ1) is 15.4. The van der Waals surface area contributed by atoms with Gasteiger partial charge < -0.3 is 10.1 Å². The van der Waals surface area contributed by atoms with Gasteiger partial charge in [-0.25, -0.2) is 8.42 Å². The number of amides is 1. The SMILES string of the molecule is CC(NC(=O)c1c(NS(=O)(=O)c2ccc(C#N)cc2)c(C2CCOCC2)nn1C)C(C)(C)C. The first-order valence-corrected chi connectivity index (χ1v) is 12.4. The fourth-order valence-corrected chi connectivity index (χ4v) is 4.63. The molecule has 1 aliphatic rings. The van der Waals surface area contributed by atoms with Crippen molar-refractivity contribution in [2.45, 2.75) is 57.4 Å². The summed E-state index contributed by atoms with van der Waals surface area (Å²) in [5.74, 6) is -0.437. The molecule has 1 saturated heterocycles. The van der Waals surface area contributed by atoms with Crippen molar-refractivity contribution in [3.05, 3.63) is 41.2 Å². The Bertz CT molecular complexity index is 1150. The smallest absolute Gasteiger partial charge is 0.271 e. The van der Waals surface area contributed by atoms with E-state index in [0.29, 0.717) is 37.3 Å². The van der Waals surface area contributed by atoms with Gasteiger partial charge in [0.2, 0.25) is 0 Å². The summed E-state index contributed by atoms with van der Waals surface area (Å²) >= 11 is 0. The lowest BCUT2D eigenvalue weighted by atomic mass is 9.88. The van der Waals surface area contributed by atoms with E-state index in [1.54, 1.807) is 7.05 Å². The van der Waals surface area contributed by atoms with E-state index in [-0.39, 0.29) is 33.7 Å². The van der Waals surface area contributed by atoms with Crippen LogP contribution < -0.4 is 10.0 Å². The van der Waals surface area contributed by atoms with Gasteiger partial charge in [0.1, 0.15) is 11.4 Å². The monoisotopic (exact) mass is 473 g/mol. The molecule has 0 spiro atoms. The number of aromatic nitrogens is 2. The molecule has 2 N–H and O–H groups in total. The minimum atomic E-state index is -4.02. The van der Waals surface area contributed by atoms with E-state index in [9.17, 15) is 13.2 Å². The van der Waals surface area contributed by atoms with Gasteiger partial charge in [-0.3, -0.25) is 14.2 Å². The Labute approximate surface area is 195 Å². The Balaban J connectivity index is 2.04. The Kier molecular flexibility index (Phi) is 7.14. The largest absolute Gasteiger partial charge is 0.381 e. The molecular weight excluding hydrogens is 442 g/mol. The van der Waals surface area contributed by atoms with Crippen LogP contribution in [0.3, 0.4) is 0 Å². The average molecular weight is 474 g/mol. The van der Waals surface area contributed by atoms with Crippen LogP contribution in [0.4, 0.5) is 5.69 Å². The summed E-state index contributed by atoms with van der Waals surface area (Å²) in [6.07, 6.45) is 1.37. The number of anilines is 1. The number of nitrogens with one attached hydrogen (secondary N) is 2. The molecule has 0 aliphatic carbocycles. The second kappa shape index (κ2) is 9.53. The quantitative estimate of drug-likeness (QED) is 0.664. The molecule has 0 saturated carbocycles. The normalized spacial score (nSPS) is 16.1. The third kappa shape index (κ3) is 5.54. The summed E-state index contributed by atoms with van der Waals surface area (Å²) in [7, 11) is -2.39. The maximum absolute atomic E-state index is 13.3. The molecule has 1 unspecified atom stereocenters. The first-order valence-electron chi connectivity index (χ1n) is 10.9. The van der Waals surface area contributed by atoms with Crippen LogP contribution in [-0.4, -0.2) is 43.4 Å². The number of hydrogen-bond donors (Lipinski definition) is 2. The average Bonchev–Trinajstić information content (AvgIpc) is 3.08. The molecule has 1 amide bonds. The number of carbonyl (C=O) groups excluding carboxylic acids is 1. The fraction of sp³-hybridized carbons (Fsp3) is 0.522. The molecule has 1 aromatic carbocycles. The van der Waals surface area contributed by atoms with Crippen LogP contribution in [0.25, 0.3) is 0 Å². The molecular formula is C23H31N5O4S. The number of rotatable bonds is 6. The Morgan fingerprint density at radius 2 is 1.85 bits per heavy atom. The molecule has 0 bridgehead atoms. The van der Waals surface area contributed by atoms with Crippen molar-refractivity contribution >= 4 is 21.6 Å². The van der Waals surface area contributed by atoms with Gasteiger partial charge in [-0.05, 0) is 49.4 Å². The first kappa shape index (κ1) is 24.7. The molecule has 10 heteroatoms. The highest BCUT2D eigenvalue weighted by molar-refractivity contribution is 7.92. The Morgan fingerprint density at radius 1 is 1.24 bits per heavy atom. The van der Waals surface area contributed by atoms with E-state index in [0.717, 1.165) is 0 Å². The predicted molar refractivity (Wildman–Crippen MR) is 124 cm³/mol. The van der Waals surface area contributed by atoms with Crippen molar-refractivity contribution in [3.8, 4) is 6.07 Å². The molecule has 2 heterocycles. The number of sulfonamides is 1. The highest BCUT2D eigenvalue weighted by atomic mass is 32.2. The van der Waals surface area contributed by atoms with E-state index in [1.807, 2.05) is 33.8 Å². The summed E-state index contributed by atoms with van der Waals surface area (Å²) < 4.78 is 35.9. The number of hydrogen-bond acceptors (Lipinski definition) is 6. The van der Waals surface area contributed by atoms with Crippen molar-refractivity contribution in [1.82, 2.24) is 15.1 Å². The maximum Gasteiger partial charge on any atom is 0.271 e. The lowest BCUT2D eigenvalue weighted by Gasteiger charge is -2.28. The fourth-order valence-electron chi connectivity index (χ4n) is 3.55. The summed E-state index contributed by atoms with van der Waals surface area (Å²) in [5.41, 5.74) is 1.05. The number of carbonyl (C=O) groups is 1. The molecule has 178 valence electrons. The van der Waals surface area contributed by atoms with Crippen LogP contribution in [0.1, 0.15) is 68.2 Å². The molecule has 1 fully saturated rings. The number of benzene rings is 1. The van der Waals surface area contributed by atoms with Crippen molar-refractivity contribution < 1.29 is 17.9 Å². The second-order valence-corrected chi connectivity index (χ2v) is 11.1. The van der Waals surface area contributed by atoms with Gasteiger partial charge in [0, 0.05) is 32.2 Å². The van der Waals surface area contributed by atoms with Gasteiger partial charge in [-0.1, -0.05) is 20.8 Å². The molecule has 1 atom stereocenters.